The molecule has 0 radical (unpaired) electrons. The normalized spacial score (nSPS) is 11.1. The molecule has 0 bridgehead atoms. The summed E-state index contributed by atoms with van der Waals surface area (Å²) in [5.74, 6) is -1.24. The second-order valence-electron chi connectivity index (χ2n) is 4.51. The van der Waals surface area contributed by atoms with Crippen molar-refractivity contribution >= 4 is 17.7 Å². The third-order valence-corrected chi connectivity index (χ3v) is 2.54. The molecule has 0 aliphatic rings. The maximum absolute atomic E-state index is 11.2. The van der Waals surface area contributed by atoms with Crippen molar-refractivity contribution < 1.29 is 14.7 Å². The van der Waals surface area contributed by atoms with Crippen LogP contribution in [0.15, 0.2) is 12.1 Å². The first-order chi connectivity index (χ1) is 8.26. The molecule has 1 amide bonds. The molecular weight excluding hydrogens is 234 g/mol. The number of amides is 1. The summed E-state index contributed by atoms with van der Waals surface area (Å²) in [6.07, 6.45) is 0.604. The summed E-state index contributed by atoms with van der Waals surface area (Å²) in [6, 6.07) is 2.89. The minimum Gasteiger partial charge on any atom is -0.478 e. The van der Waals surface area contributed by atoms with E-state index in [1.54, 1.807) is 13.8 Å². The lowest BCUT2D eigenvalue weighted by molar-refractivity contribution is -0.121. The summed E-state index contributed by atoms with van der Waals surface area (Å²) in [6.45, 7) is 5.09. The van der Waals surface area contributed by atoms with E-state index in [0.717, 1.165) is 0 Å². The number of carbonyl (C=O) groups excluding carboxylic acids is 1. The third-order valence-electron chi connectivity index (χ3n) is 2.54. The number of aromatic nitrogens is 1. The lowest BCUT2D eigenvalue weighted by atomic mass is 10.1. The molecule has 18 heavy (non-hydrogen) atoms. The minimum absolute atomic E-state index is 0.129. The predicted octanol–water partition coefficient (Wildman–Crippen LogP) is 1.02. The number of nitrogens with two attached hydrogens (primary N) is 1. The topological polar surface area (TPSA) is 105 Å². The first-order valence-corrected chi connectivity index (χ1v) is 5.58. The summed E-state index contributed by atoms with van der Waals surface area (Å²) in [5.41, 5.74) is 5.02. The van der Waals surface area contributed by atoms with E-state index in [2.05, 4.69) is 10.3 Å². The Hall–Kier alpha value is -2.11. The van der Waals surface area contributed by atoms with Crippen LogP contribution in [0.5, 0.6) is 0 Å². The fourth-order valence-electron chi connectivity index (χ4n) is 1.34. The van der Waals surface area contributed by atoms with Crippen molar-refractivity contribution in [1.82, 2.24) is 4.98 Å². The van der Waals surface area contributed by atoms with Crippen LogP contribution >= 0.6 is 0 Å². The van der Waals surface area contributed by atoms with E-state index in [4.69, 9.17) is 10.8 Å². The zero-order valence-electron chi connectivity index (χ0n) is 10.7. The summed E-state index contributed by atoms with van der Waals surface area (Å²) < 4.78 is 0. The molecule has 6 heteroatoms. The molecule has 0 atom stereocenters. The molecule has 1 rings (SSSR count). The largest absolute Gasteiger partial charge is 0.478 e. The van der Waals surface area contributed by atoms with Crippen molar-refractivity contribution in [2.75, 3.05) is 5.32 Å². The molecule has 0 saturated heterocycles. The Morgan fingerprint density at radius 3 is 2.50 bits per heavy atom. The maximum Gasteiger partial charge on any atom is 0.335 e. The Kier molecular flexibility index (Phi) is 3.90. The number of nitrogens with zero attached hydrogens (tertiary/aromatic N) is 1. The number of nitrogens with one attached hydrogen (secondary N) is 1. The van der Waals surface area contributed by atoms with Crippen molar-refractivity contribution in [2.45, 2.75) is 32.7 Å². The fourth-order valence-corrected chi connectivity index (χ4v) is 1.34. The van der Waals surface area contributed by atoms with Crippen molar-refractivity contribution in [3.8, 4) is 0 Å². The monoisotopic (exact) mass is 251 g/mol. The van der Waals surface area contributed by atoms with Gasteiger partial charge in [-0.2, -0.15) is 0 Å². The Labute approximate surface area is 105 Å². The molecule has 0 unspecified atom stereocenters. The number of anilines is 1. The number of hydrogen-bond acceptors (Lipinski definition) is 4. The van der Waals surface area contributed by atoms with Gasteiger partial charge in [-0.25, -0.2) is 9.78 Å². The number of aryl methyl sites for hydroxylation is 1. The number of primary amides is 1. The van der Waals surface area contributed by atoms with Gasteiger partial charge >= 0.3 is 5.97 Å². The van der Waals surface area contributed by atoms with Gasteiger partial charge in [0.1, 0.15) is 11.4 Å². The van der Waals surface area contributed by atoms with Gasteiger partial charge in [0.15, 0.2) is 0 Å². The average molecular weight is 251 g/mol. The predicted molar refractivity (Wildman–Crippen MR) is 67.5 cm³/mol. The van der Waals surface area contributed by atoms with Gasteiger partial charge in [0.05, 0.1) is 5.56 Å². The van der Waals surface area contributed by atoms with Crippen molar-refractivity contribution in [3.63, 3.8) is 0 Å². The Balaban J connectivity index is 3.13. The van der Waals surface area contributed by atoms with Crippen LogP contribution in [0.4, 0.5) is 5.82 Å². The number of carboxylic acids is 1. The second kappa shape index (κ2) is 5.03. The fraction of sp³-hybridized carbons (Fsp3) is 0.417. The summed E-state index contributed by atoms with van der Waals surface area (Å²) >= 11 is 0. The van der Waals surface area contributed by atoms with Crippen molar-refractivity contribution in [1.29, 1.82) is 0 Å². The van der Waals surface area contributed by atoms with Gasteiger partial charge in [0.2, 0.25) is 5.91 Å². The van der Waals surface area contributed by atoms with Crippen LogP contribution in [0.2, 0.25) is 0 Å². The smallest absolute Gasteiger partial charge is 0.335 e. The van der Waals surface area contributed by atoms with Gasteiger partial charge in [-0.1, -0.05) is 6.92 Å². The molecule has 1 heterocycles. The molecule has 6 nitrogen and oxygen atoms in total. The van der Waals surface area contributed by atoms with E-state index in [1.807, 2.05) is 6.92 Å². The zero-order chi connectivity index (χ0) is 13.9. The van der Waals surface area contributed by atoms with Crippen LogP contribution in [-0.4, -0.2) is 27.5 Å². The van der Waals surface area contributed by atoms with Gasteiger partial charge < -0.3 is 16.2 Å². The highest BCUT2D eigenvalue weighted by atomic mass is 16.4. The third kappa shape index (κ3) is 3.19. The average Bonchev–Trinajstić information content (AvgIpc) is 2.27. The van der Waals surface area contributed by atoms with Crippen LogP contribution in [0, 0.1) is 0 Å². The van der Waals surface area contributed by atoms with E-state index in [-0.39, 0.29) is 5.56 Å². The summed E-state index contributed by atoms with van der Waals surface area (Å²) in [5, 5.41) is 11.8. The highest BCUT2D eigenvalue weighted by Gasteiger charge is 2.25. The van der Waals surface area contributed by atoms with E-state index in [0.29, 0.717) is 17.9 Å². The summed E-state index contributed by atoms with van der Waals surface area (Å²) in [7, 11) is 0. The van der Waals surface area contributed by atoms with E-state index >= 15 is 0 Å². The molecule has 0 saturated carbocycles. The number of carbonyl (C=O) groups is 2. The van der Waals surface area contributed by atoms with E-state index in [1.165, 1.54) is 12.1 Å². The van der Waals surface area contributed by atoms with Crippen LogP contribution in [0.3, 0.4) is 0 Å². The van der Waals surface area contributed by atoms with Gasteiger partial charge in [-0.15, -0.1) is 0 Å². The van der Waals surface area contributed by atoms with Gasteiger partial charge in [-0.05, 0) is 32.4 Å². The molecule has 1 aromatic heterocycles. The molecule has 98 valence electrons. The van der Waals surface area contributed by atoms with Crippen molar-refractivity contribution in [3.05, 3.63) is 23.4 Å². The minimum atomic E-state index is -1.04. The van der Waals surface area contributed by atoms with Crippen LogP contribution in [0.1, 0.15) is 36.8 Å². The first-order valence-electron chi connectivity index (χ1n) is 5.58. The number of pyridine rings is 1. The van der Waals surface area contributed by atoms with E-state index in [9.17, 15) is 9.59 Å². The van der Waals surface area contributed by atoms with Crippen molar-refractivity contribution in [2.24, 2.45) is 5.73 Å². The summed E-state index contributed by atoms with van der Waals surface area (Å²) in [4.78, 5) is 26.4. The van der Waals surface area contributed by atoms with Crippen LogP contribution in [0.25, 0.3) is 0 Å². The lowest BCUT2D eigenvalue weighted by Crippen LogP contribution is -2.45. The number of hydrogen-bond donors (Lipinski definition) is 3. The zero-order valence-corrected chi connectivity index (χ0v) is 10.7. The molecule has 0 aliphatic heterocycles. The highest BCUT2D eigenvalue weighted by Crippen LogP contribution is 2.16. The van der Waals surface area contributed by atoms with Crippen LogP contribution in [-0.2, 0) is 11.2 Å². The molecule has 0 aliphatic carbocycles. The molecule has 0 spiro atoms. The molecular formula is C12H17N3O3. The quantitative estimate of drug-likeness (QED) is 0.724. The van der Waals surface area contributed by atoms with Gasteiger partial charge in [0.25, 0.3) is 0 Å². The number of carboxylic acid groups (broad SMARTS) is 1. The van der Waals surface area contributed by atoms with Gasteiger partial charge in [-0.3, -0.25) is 4.79 Å². The SMILES string of the molecule is CCc1cc(C(=O)O)cc(NC(C)(C)C(N)=O)n1. The van der Waals surface area contributed by atoms with E-state index < -0.39 is 17.4 Å². The van der Waals surface area contributed by atoms with Gasteiger partial charge in [0, 0.05) is 5.69 Å². The highest BCUT2D eigenvalue weighted by molar-refractivity contribution is 5.90. The molecule has 4 N–H and O–H groups in total. The first kappa shape index (κ1) is 14.0. The second-order valence-corrected chi connectivity index (χ2v) is 4.51. The number of aromatic carboxylic acids is 1. The van der Waals surface area contributed by atoms with Crippen LogP contribution < -0.4 is 11.1 Å². The Morgan fingerprint density at radius 1 is 1.44 bits per heavy atom. The number of rotatable bonds is 5. The molecule has 0 fully saturated rings. The molecule has 0 aromatic carbocycles. The maximum atomic E-state index is 11.2. The Morgan fingerprint density at radius 2 is 2.06 bits per heavy atom. The molecule has 1 aromatic rings. The standard InChI is InChI=1S/C12H17N3O3/c1-4-8-5-7(10(16)17)6-9(14-8)15-12(2,3)11(13)18/h5-6H,4H2,1-3H3,(H2,13,18)(H,14,15)(H,16,17). The lowest BCUT2D eigenvalue weighted by Gasteiger charge is -2.23. The Bertz CT molecular complexity index is 483.